The van der Waals surface area contributed by atoms with Crippen molar-refractivity contribution in [1.82, 2.24) is 0 Å². The average Bonchev–Trinajstić information content (AvgIpc) is 3.96. The van der Waals surface area contributed by atoms with Gasteiger partial charge in [0.05, 0.1) is 0 Å². The normalized spacial score (nSPS) is 16.7. The minimum absolute atomic E-state index is 0.918. The highest BCUT2D eigenvalue weighted by molar-refractivity contribution is 5.72. The molecule has 5 aliphatic heterocycles. The van der Waals surface area contributed by atoms with Crippen molar-refractivity contribution in [2.75, 3.05) is 119 Å². The standard InChI is InChI=1S/C14H22N2.3C13H20N2.C12H18N2/c1-10-9-11(2)14(12(3)13(10)15)16-7-5-4-6-8-16;1-10-6-7-12(11(2)13(10)14)15-8-4-3-5-9-15;1-10-6-7-12(14)11(2)13(10)15-8-4-3-5-9-15;1-10-8-11(2)13(9-12(10)14)15-6-4-3-5-7-15;1-9-5-6-11(10(2)12(9)13)14-7-3-4-8-14/h9H,4-8,15H2,1-3H3;2*6-7H,3-5,8-9,14H2,1-2H3;8-9H,3-7,14H2,1-2H3;5-6H,3-4,7-8,13H2,1-2H3. The van der Waals surface area contributed by atoms with E-state index in [9.17, 15) is 0 Å². The molecule has 5 fully saturated rings. The van der Waals surface area contributed by atoms with E-state index in [1.54, 1.807) is 0 Å². The monoisotopic (exact) mass is 1020 g/mol. The molecule has 0 atom stereocenters. The van der Waals surface area contributed by atoms with Crippen LogP contribution in [-0.4, -0.2) is 65.4 Å². The van der Waals surface area contributed by atoms with E-state index in [-0.39, 0.29) is 0 Å². The van der Waals surface area contributed by atoms with Crippen LogP contribution in [0.15, 0.2) is 54.6 Å². The van der Waals surface area contributed by atoms with Crippen LogP contribution in [0.2, 0.25) is 0 Å². The highest BCUT2D eigenvalue weighted by Crippen LogP contribution is 2.35. The van der Waals surface area contributed by atoms with Gasteiger partial charge in [-0.3, -0.25) is 0 Å². The Labute approximate surface area is 455 Å². The highest BCUT2D eigenvalue weighted by Gasteiger charge is 2.20. The second-order valence-corrected chi connectivity index (χ2v) is 22.6. The number of nitrogen functional groups attached to an aromatic ring is 5. The molecule has 0 aliphatic carbocycles. The van der Waals surface area contributed by atoms with Gasteiger partial charge in [-0.2, -0.15) is 0 Å². The molecule has 0 amide bonds. The lowest BCUT2D eigenvalue weighted by atomic mass is 9.99. The van der Waals surface area contributed by atoms with Gasteiger partial charge in [-0.25, -0.2) is 0 Å². The van der Waals surface area contributed by atoms with Crippen LogP contribution in [-0.2, 0) is 0 Å². The first-order valence-electron chi connectivity index (χ1n) is 28.9. The number of aryl methyl sites for hydroxylation is 7. The van der Waals surface area contributed by atoms with E-state index in [1.807, 2.05) is 6.07 Å². The zero-order chi connectivity index (χ0) is 54.3. The van der Waals surface area contributed by atoms with Gasteiger partial charge in [0, 0.05) is 122 Å². The predicted octanol–water partition coefficient (Wildman–Crippen LogP) is 14.3. The Morgan fingerprint density at radius 3 is 1.01 bits per heavy atom. The molecule has 10 N–H and O–H groups in total. The minimum Gasteiger partial charge on any atom is -0.398 e. The third-order valence-corrected chi connectivity index (χ3v) is 16.8. The van der Waals surface area contributed by atoms with Crippen LogP contribution in [0.25, 0.3) is 0 Å². The second-order valence-electron chi connectivity index (χ2n) is 22.6. The fraction of sp³-hybridized carbons (Fsp3) is 0.538. The molecule has 10 rings (SSSR count). The molecular formula is C65H100N10. The number of hydrogen-bond donors (Lipinski definition) is 5. The van der Waals surface area contributed by atoms with Gasteiger partial charge in [-0.05, 0) is 252 Å². The number of rotatable bonds is 5. The molecule has 0 unspecified atom stereocenters. The Balaban J connectivity index is 0.000000152. The summed E-state index contributed by atoms with van der Waals surface area (Å²) in [5.74, 6) is 0. The van der Waals surface area contributed by atoms with E-state index in [0.29, 0.717) is 0 Å². The lowest BCUT2D eigenvalue weighted by molar-refractivity contribution is 0.576. The Kier molecular flexibility index (Phi) is 21.6. The Hall–Kier alpha value is -5.90. The van der Waals surface area contributed by atoms with Crippen LogP contribution in [0.1, 0.15) is 151 Å². The molecule has 0 aromatic heterocycles. The van der Waals surface area contributed by atoms with Crippen LogP contribution in [0.4, 0.5) is 56.9 Å². The molecule has 0 saturated carbocycles. The second kappa shape index (κ2) is 27.8. The van der Waals surface area contributed by atoms with Gasteiger partial charge in [0.25, 0.3) is 0 Å². The van der Waals surface area contributed by atoms with Crippen molar-refractivity contribution in [2.24, 2.45) is 0 Å². The maximum atomic E-state index is 6.13. The minimum atomic E-state index is 0.918. The van der Waals surface area contributed by atoms with Crippen molar-refractivity contribution in [2.45, 2.75) is 166 Å². The molecule has 5 heterocycles. The largest absolute Gasteiger partial charge is 0.398 e. The van der Waals surface area contributed by atoms with Crippen molar-refractivity contribution < 1.29 is 0 Å². The zero-order valence-electron chi connectivity index (χ0n) is 48.8. The summed E-state index contributed by atoms with van der Waals surface area (Å²) in [6.45, 7) is 35.2. The third-order valence-electron chi connectivity index (χ3n) is 16.8. The first kappa shape index (κ1) is 58.4. The summed E-state index contributed by atoms with van der Waals surface area (Å²) >= 11 is 0. The molecular weight excluding hydrogens is 921 g/mol. The fourth-order valence-electron chi connectivity index (χ4n) is 12.1. The van der Waals surface area contributed by atoms with E-state index in [1.165, 1.54) is 245 Å². The van der Waals surface area contributed by atoms with Crippen molar-refractivity contribution in [1.29, 1.82) is 0 Å². The van der Waals surface area contributed by atoms with Crippen LogP contribution in [0.3, 0.4) is 0 Å². The summed E-state index contributed by atoms with van der Waals surface area (Å²) in [6, 6.07) is 19.4. The maximum Gasteiger partial charge on any atom is 0.0446 e. The molecule has 5 saturated heterocycles. The number of nitrogens with zero attached hydrogens (tertiary/aromatic N) is 5. The SMILES string of the molecule is Cc1cc(C)c(N2CCCCC2)c(C)c1N.Cc1cc(C)c(N2CCCCC2)cc1N.Cc1ccc(N)c(C)c1N1CCCCC1.Cc1ccc(N2CCCC2)c(C)c1N.Cc1ccc(N2CCCCC2)c(C)c1N. The smallest absolute Gasteiger partial charge is 0.0446 e. The highest BCUT2D eigenvalue weighted by atomic mass is 15.2. The maximum absolute atomic E-state index is 6.13. The number of nitrogens with two attached hydrogens (primary N) is 5. The van der Waals surface area contributed by atoms with Gasteiger partial charge in [0.15, 0.2) is 0 Å². The first-order valence-corrected chi connectivity index (χ1v) is 28.9. The molecule has 5 aliphatic rings. The summed E-state index contributed by atoms with van der Waals surface area (Å²) in [7, 11) is 0. The summed E-state index contributed by atoms with van der Waals surface area (Å²) < 4.78 is 0. The molecule has 0 bridgehead atoms. The van der Waals surface area contributed by atoms with Crippen molar-refractivity contribution in [3.8, 4) is 0 Å². The van der Waals surface area contributed by atoms with Crippen molar-refractivity contribution in [3.63, 3.8) is 0 Å². The number of piperidine rings is 4. The molecule has 10 nitrogen and oxygen atoms in total. The molecule has 410 valence electrons. The van der Waals surface area contributed by atoms with Crippen LogP contribution in [0.5, 0.6) is 0 Å². The van der Waals surface area contributed by atoms with Crippen LogP contribution >= 0.6 is 0 Å². The van der Waals surface area contributed by atoms with E-state index in [0.717, 1.165) is 28.4 Å². The van der Waals surface area contributed by atoms with Gasteiger partial charge < -0.3 is 53.2 Å². The topological polar surface area (TPSA) is 146 Å². The molecule has 5 aromatic carbocycles. The quantitative estimate of drug-likeness (QED) is 0.108. The number of anilines is 10. The molecule has 75 heavy (non-hydrogen) atoms. The van der Waals surface area contributed by atoms with Gasteiger partial charge in [-0.1, -0.05) is 30.3 Å². The number of benzene rings is 5. The summed E-state index contributed by atoms with van der Waals surface area (Å²) in [5.41, 5.74) is 55.4. The van der Waals surface area contributed by atoms with Gasteiger partial charge in [0.1, 0.15) is 0 Å². The Bertz CT molecular complexity index is 2610. The average molecular weight is 1020 g/mol. The van der Waals surface area contributed by atoms with Crippen LogP contribution in [0, 0.1) is 76.2 Å². The van der Waals surface area contributed by atoms with Crippen molar-refractivity contribution in [3.05, 3.63) is 116 Å². The summed E-state index contributed by atoms with van der Waals surface area (Å²) in [5, 5.41) is 0. The number of hydrogen-bond acceptors (Lipinski definition) is 10. The molecule has 10 heteroatoms. The molecule has 5 aromatic rings. The van der Waals surface area contributed by atoms with E-state index >= 15 is 0 Å². The third kappa shape index (κ3) is 15.2. The summed E-state index contributed by atoms with van der Waals surface area (Å²) in [6.07, 6.45) is 18.6. The lowest BCUT2D eigenvalue weighted by Gasteiger charge is -2.32. The lowest BCUT2D eigenvalue weighted by Crippen LogP contribution is -2.30. The van der Waals surface area contributed by atoms with E-state index in [4.69, 9.17) is 28.7 Å². The zero-order valence-corrected chi connectivity index (χ0v) is 48.8. The van der Waals surface area contributed by atoms with Crippen molar-refractivity contribution >= 4 is 56.9 Å². The van der Waals surface area contributed by atoms with E-state index < -0.39 is 0 Å². The van der Waals surface area contributed by atoms with Gasteiger partial charge in [0.2, 0.25) is 0 Å². The molecule has 0 radical (unpaired) electrons. The van der Waals surface area contributed by atoms with Gasteiger partial charge >= 0.3 is 0 Å². The predicted molar refractivity (Wildman–Crippen MR) is 332 cm³/mol. The fourth-order valence-corrected chi connectivity index (χ4v) is 12.1. The van der Waals surface area contributed by atoms with Gasteiger partial charge in [-0.15, -0.1) is 0 Å². The summed E-state index contributed by atoms with van der Waals surface area (Å²) in [4.78, 5) is 12.4. The molecule has 0 spiro atoms. The van der Waals surface area contributed by atoms with Crippen LogP contribution < -0.4 is 53.2 Å². The van der Waals surface area contributed by atoms with E-state index in [2.05, 4.69) is 149 Å². The Morgan fingerprint density at radius 2 is 0.587 bits per heavy atom. The first-order chi connectivity index (χ1) is 35.9. The Morgan fingerprint density at radius 1 is 0.253 bits per heavy atom.